The van der Waals surface area contributed by atoms with E-state index in [2.05, 4.69) is 13.5 Å². The molecule has 0 heterocycles. The Kier molecular flexibility index (Phi) is 7.94. The number of carbonyl (C=O) groups excluding carboxylic acids is 1. The molecule has 2 nitrogen and oxygen atoms in total. The summed E-state index contributed by atoms with van der Waals surface area (Å²) in [6.07, 6.45) is 7.42. The van der Waals surface area contributed by atoms with Crippen LogP contribution in [-0.2, 0) is 9.53 Å². The third kappa shape index (κ3) is 13.1. The normalized spacial score (nSPS) is 11.3. The first-order chi connectivity index (χ1) is 7.81. The lowest BCUT2D eigenvalue weighted by Crippen LogP contribution is -2.23. The third-order valence-corrected chi connectivity index (χ3v) is 2.40. The number of carbonyl (C=O) groups is 1. The van der Waals surface area contributed by atoms with Crippen molar-refractivity contribution in [1.29, 1.82) is 0 Å². The molecule has 0 saturated heterocycles. The average molecular weight is 240 g/mol. The van der Waals surface area contributed by atoms with E-state index in [1.54, 1.807) is 0 Å². The number of unbranched alkanes of at least 4 members (excludes halogenated alkanes) is 4. The number of rotatable bonds is 8. The van der Waals surface area contributed by atoms with Gasteiger partial charge in [0.1, 0.15) is 5.60 Å². The molecule has 0 bridgehead atoms. The molecule has 0 aliphatic heterocycles. The van der Waals surface area contributed by atoms with Gasteiger partial charge in [-0.2, -0.15) is 0 Å². The van der Waals surface area contributed by atoms with E-state index in [1.165, 1.54) is 24.8 Å². The van der Waals surface area contributed by atoms with Crippen molar-refractivity contribution in [3.8, 4) is 0 Å². The van der Waals surface area contributed by atoms with Crippen molar-refractivity contribution < 1.29 is 9.53 Å². The summed E-state index contributed by atoms with van der Waals surface area (Å²) in [7, 11) is 0. The fourth-order valence-corrected chi connectivity index (χ4v) is 1.62. The fourth-order valence-electron chi connectivity index (χ4n) is 1.62. The Balaban J connectivity index is 3.34. The average Bonchev–Trinajstić information content (AvgIpc) is 2.12. The first-order valence-electron chi connectivity index (χ1n) is 6.67. The van der Waals surface area contributed by atoms with E-state index < -0.39 is 0 Å². The molecule has 0 atom stereocenters. The Labute approximate surface area is 106 Å². The van der Waals surface area contributed by atoms with Crippen LogP contribution in [0.25, 0.3) is 0 Å². The van der Waals surface area contributed by atoms with E-state index in [9.17, 15) is 4.79 Å². The number of esters is 1. The van der Waals surface area contributed by atoms with E-state index in [0.717, 1.165) is 19.3 Å². The van der Waals surface area contributed by atoms with Crippen molar-refractivity contribution in [3.63, 3.8) is 0 Å². The molecule has 100 valence electrons. The highest BCUT2D eigenvalue weighted by atomic mass is 16.6. The van der Waals surface area contributed by atoms with Crippen LogP contribution in [0, 0.1) is 0 Å². The first kappa shape index (κ1) is 16.2. The van der Waals surface area contributed by atoms with Gasteiger partial charge in [0, 0.05) is 6.42 Å². The van der Waals surface area contributed by atoms with Crippen LogP contribution in [0.3, 0.4) is 0 Å². The molecule has 0 aliphatic rings. The summed E-state index contributed by atoms with van der Waals surface area (Å²) < 4.78 is 5.25. The van der Waals surface area contributed by atoms with E-state index >= 15 is 0 Å². The second kappa shape index (κ2) is 8.32. The minimum atomic E-state index is -0.349. The Bertz CT molecular complexity index is 236. The van der Waals surface area contributed by atoms with Crippen LogP contribution >= 0.6 is 0 Å². The van der Waals surface area contributed by atoms with Crippen LogP contribution in [0.5, 0.6) is 0 Å². The van der Waals surface area contributed by atoms with Gasteiger partial charge in [0.05, 0.1) is 0 Å². The Morgan fingerprint density at radius 1 is 1.00 bits per heavy atom. The largest absolute Gasteiger partial charge is 0.460 e. The lowest BCUT2D eigenvalue weighted by molar-refractivity contribution is -0.154. The van der Waals surface area contributed by atoms with E-state index in [1.807, 2.05) is 20.8 Å². The summed E-state index contributed by atoms with van der Waals surface area (Å²) >= 11 is 0. The van der Waals surface area contributed by atoms with Gasteiger partial charge in [-0.1, -0.05) is 24.8 Å². The van der Waals surface area contributed by atoms with Crippen LogP contribution in [0.2, 0.25) is 0 Å². The van der Waals surface area contributed by atoms with Gasteiger partial charge in [0.15, 0.2) is 0 Å². The highest BCUT2D eigenvalue weighted by molar-refractivity contribution is 5.69. The quantitative estimate of drug-likeness (QED) is 0.351. The van der Waals surface area contributed by atoms with Crippen LogP contribution in [0.15, 0.2) is 12.2 Å². The smallest absolute Gasteiger partial charge is 0.306 e. The zero-order chi connectivity index (χ0) is 13.3. The monoisotopic (exact) mass is 240 g/mol. The number of ether oxygens (including phenoxy) is 1. The number of hydrogen-bond donors (Lipinski definition) is 0. The first-order valence-corrected chi connectivity index (χ1v) is 6.67. The molecule has 0 aliphatic carbocycles. The predicted octanol–water partition coefficient (Wildman–Crippen LogP) is 4.63. The molecular weight excluding hydrogens is 212 g/mol. The van der Waals surface area contributed by atoms with Gasteiger partial charge in [-0.15, -0.1) is 6.58 Å². The Morgan fingerprint density at radius 3 is 1.94 bits per heavy atom. The zero-order valence-corrected chi connectivity index (χ0v) is 12.0. The van der Waals surface area contributed by atoms with Crippen molar-refractivity contribution in [3.05, 3.63) is 12.2 Å². The van der Waals surface area contributed by atoms with Crippen molar-refractivity contribution in [2.75, 3.05) is 0 Å². The Hall–Kier alpha value is -0.790. The predicted molar refractivity (Wildman–Crippen MR) is 73.0 cm³/mol. The maximum Gasteiger partial charge on any atom is 0.306 e. The summed E-state index contributed by atoms with van der Waals surface area (Å²) in [5, 5.41) is 0. The highest BCUT2D eigenvalue weighted by Gasteiger charge is 2.15. The topological polar surface area (TPSA) is 26.3 Å². The minimum absolute atomic E-state index is 0.0700. The van der Waals surface area contributed by atoms with E-state index in [0.29, 0.717) is 6.42 Å². The van der Waals surface area contributed by atoms with Crippen molar-refractivity contribution in [1.82, 2.24) is 0 Å². The fraction of sp³-hybridized carbons (Fsp3) is 0.800. The molecule has 0 rings (SSSR count). The molecule has 0 spiro atoms. The number of hydrogen-bond acceptors (Lipinski definition) is 2. The molecule has 0 unspecified atom stereocenters. The van der Waals surface area contributed by atoms with Crippen molar-refractivity contribution in [2.45, 2.75) is 78.2 Å². The minimum Gasteiger partial charge on any atom is -0.460 e. The van der Waals surface area contributed by atoms with E-state index in [-0.39, 0.29) is 11.6 Å². The van der Waals surface area contributed by atoms with Crippen LogP contribution in [0.1, 0.15) is 72.6 Å². The highest BCUT2D eigenvalue weighted by Crippen LogP contribution is 2.13. The molecular formula is C15H28O2. The summed E-state index contributed by atoms with van der Waals surface area (Å²) in [5.41, 5.74) is 0.914. The Morgan fingerprint density at radius 2 is 1.47 bits per heavy atom. The molecule has 17 heavy (non-hydrogen) atoms. The van der Waals surface area contributed by atoms with Gasteiger partial charge in [0.25, 0.3) is 0 Å². The van der Waals surface area contributed by atoms with Crippen molar-refractivity contribution in [2.24, 2.45) is 0 Å². The van der Waals surface area contributed by atoms with E-state index in [4.69, 9.17) is 4.74 Å². The zero-order valence-electron chi connectivity index (χ0n) is 12.0. The molecule has 0 amide bonds. The summed E-state index contributed by atoms with van der Waals surface area (Å²) in [6, 6.07) is 0. The van der Waals surface area contributed by atoms with Crippen molar-refractivity contribution >= 4 is 5.97 Å². The summed E-state index contributed by atoms with van der Waals surface area (Å²) in [6.45, 7) is 11.7. The van der Waals surface area contributed by atoms with Gasteiger partial charge in [-0.25, -0.2) is 0 Å². The lowest BCUT2D eigenvalue weighted by atomic mass is 10.1. The second-order valence-electron chi connectivity index (χ2n) is 5.81. The van der Waals surface area contributed by atoms with Crippen LogP contribution in [0.4, 0.5) is 0 Å². The van der Waals surface area contributed by atoms with Gasteiger partial charge in [-0.05, 0) is 47.0 Å². The maximum atomic E-state index is 11.4. The molecule has 2 heteroatoms. The third-order valence-electron chi connectivity index (χ3n) is 2.40. The second-order valence-corrected chi connectivity index (χ2v) is 5.81. The van der Waals surface area contributed by atoms with Gasteiger partial charge in [-0.3, -0.25) is 4.79 Å². The molecule has 0 aromatic rings. The van der Waals surface area contributed by atoms with Crippen LogP contribution in [-0.4, -0.2) is 11.6 Å². The summed E-state index contributed by atoms with van der Waals surface area (Å²) in [4.78, 5) is 11.4. The molecule has 0 N–H and O–H groups in total. The molecule has 0 aromatic heterocycles. The standard InChI is InChI=1S/C15H28O2/c1-13(2)11-9-7-6-8-10-12-14(16)17-15(3,4)5/h1,6-12H2,2-5H3. The molecule has 0 fully saturated rings. The van der Waals surface area contributed by atoms with Gasteiger partial charge >= 0.3 is 5.97 Å². The molecule has 0 radical (unpaired) electrons. The van der Waals surface area contributed by atoms with Crippen LogP contribution < -0.4 is 0 Å². The maximum absolute atomic E-state index is 11.4. The summed E-state index contributed by atoms with van der Waals surface area (Å²) in [5.74, 6) is -0.0700. The molecule has 0 saturated carbocycles. The lowest BCUT2D eigenvalue weighted by Gasteiger charge is -2.19. The van der Waals surface area contributed by atoms with Gasteiger partial charge in [0.2, 0.25) is 0 Å². The van der Waals surface area contributed by atoms with Gasteiger partial charge < -0.3 is 4.74 Å². The SMILES string of the molecule is C=C(C)CCCCCCCC(=O)OC(C)(C)C. The number of allylic oxidation sites excluding steroid dienone is 1. The molecule has 0 aromatic carbocycles.